The van der Waals surface area contributed by atoms with Gasteiger partial charge in [-0.2, -0.15) is 0 Å². The first-order valence-corrected chi connectivity index (χ1v) is 10.3. The lowest BCUT2D eigenvalue weighted by Crippen LogP contribution is -2.51. The molecule has 2 saturated carbocycles. The highest BCUT2D eigenvalue weighted by Gasteiger charge is 2.45. The van der Waals surface area contributed by atoms with Crippen molar-refractivity contribution >= 4 is 17.5 Å². The van der Waals surface area contributed by atoms with Crippen LogP contribution in [0.25, 0.3) is 0 Å². The van der Waals surface area contributed by atoms with Gasteiger partial charge in [0.15, 0.2) is 0 Å². The zero-order valence-corrected chi connectivity index (χ0v) is 15.7. The Hall–Kier alpha value is -1.06. The predicted octanol–water partition coefficient (Wildman–Crippen LogP) is 4.14. The van der Waals surface area contributed by atoms with Crippen molar-refractivity contribution in [2.45, 2.75) is 62.8 Å². The summed E-state index contributed by atoms with van der Waals surface area (Å²) in [6.45, 7) is 2.96. The first kappa shape index (κ1) is 17.4. The molecule has 0 radical (unpaired) electrons. The molecule has 0 bridgehead atoms. The van der Waals surface area contributed by atoms with Crippen LogP contribution in [0.2, 0.25) is 5.02 Å². The maximum Gasteiger partial charge on any atom is 0.233 e. The average molecular weight is 361 g/mol. The van der Waals surface area contributed by atoms with Gasteiger partial charge in [-0.05, 0) is 68.7 Å². The number of hydrogen-bond acceptors (Lipinski definition) is 2. The summed E-state index contributed by atoms with van der Waals surface area (Å²) >= 11 is 6.23. The van der Waals surface area contributed by atoms with Gasteiger partial charge in [-0.25, -0.2) is 0 Å². The molecule has 4 rings (SSSR count). The fourth-order valence-corrected chi connectivity index (χ4v) is 4.83. The maximum atomic E-state index is 13.5. The Morgan fingerprint density at radius 1 is 1.16 bits per heavy atom. The van der Waals surface area contributed by atoms with Crippen LogP contribution in [0.4, 0.5) is 0 Å². The molecule has 1 aromatic rings. The normalized spacial score (nSPS) is 23.8. The van der Waals surface area contributed by atoms with Crippen LogP contribution in [-0.4, -0.2) is 36.5 Å². The Kier molecular flexibility index (Phi) is 5.06. The molecule has 2 aliphatic carbocycles. The Labute approximate surface area is 156 Å². The van der Waals surface area contributed by atoms with Gasteiger partial charge in [0.1, 0.15) is 0 Å². The zero-order chi connectivity index (χ0) is 17.3. The minimum absolute atomic E-state index is 0.334. The fraction of sp³-hybridized carbons (Fsp3) is 0.667. The van der Waals surface area contributed by atoms with Crippen LogP contribution in [-0.2, 0) is 10.2 Å². The van der Waals surface area contributed by atoms with E-state index in [9.17, 15) is 4.79 Å². The SMILES string of the molecule is O=C(N1CCC(NCC2CC2)CC1)C1(c2cccc(Cl)c2)CCCC1. The van der Waals surface area contributed by atoms with E-state index < -0.39 is 0 Å². The summed E-state index contributed by atoms with van der Waals surface area (Å²) in [6, 6.07) is 8.58. The first-order valence-electron chi connectivity index (χ1n) is 9.96. The van der Waals surface area contributed by atoms with Gasteiger partial charge in [-0.15, -0.1) is 0 Å². The van der Waals surface area contributed by atoms with Crippen LogP contribution in [0.1, 0.15) is 56.9 Å². The molecule has 1 amide bonds. The molecular weight excluding hydrogens is 332 g/mol. The second-order valence-electron chi connectivity index (χ2n) is 8.22. The largest absolute Gasteiger partial charge is 0.342 e. The molecule has 1 N–H and O–H groups in total. The van der Waals surface area contributed by atoms with Crippen molar-refractivity contribution < 1.29 is 4.79 Å². The molecule has 0 unspecified atom stereocenters. The highest BCUT2D eigenvalue weighted by atomic mass is 35.5. The van der Waals surface area contributed by atoms with Crippen LogP contribution in [0, 0.1) is 5.92 Å². The van der Waals surface area contributed by atoms with Crippen molar-refractivity contribution in [2.75, 3.05) is 19.6 Å². The standard InChI is InChI=1S/C21H29ClN2O/c22-18-5-3-4-17(14-18)21(10-1-2-11-21)20(25)24-12-8-19(9-13-24)23-15-16-6-7-16/h3-5,14,16,19,23H,1-2,6-13,15H2. The van der Waals surface area contributed by atoms with Crippen LogP contribution >= 0.6 is 11.6 Å². The minimum atomic E-state index is -0.334. The molecule has 0 spiro atoms. The molecular formula is C21H29ClN2O. The summed E-state index contributed by atoms with van der Waals surface area (Å²) in [7, 11) is 0. The van der Waals surface area contributed by atoms with E-state index in [1.807, 2.05) is 18.2 Å². The lowest BCUT2D eigenvalue weighted by Gasteiger charge is -2.39. The zero-order valence-electron chi connectivity index (χ0n) is 15.0. The molecule has 3 aliphatic rings. The summed E-state index contributed by atoms with van der Waals surface area (Å²) < 4.78 is 0. The molecule has 3 fully saturated rings. The molecule has 1 aliphatic heterocycles. The van der Waals surface area contributed by atoms with E-state index >= 15 is 0 Å². The molecule has 4 heteroatoms. The number of nitrogens with zero attached hydrogens (tertiary/aromatic N) is 1. The molecule has 3 nitrogen and oxygen atoms in total. The van der Waals surface area contributed by atoms with E-state index in [0.29, 0.717) is 11.9 Å². The van der Waals surface area contributed by atoms with Crippen molar-refractivity contribution in [3.8, 4) is 0 Å². The smallest absolute Gasteiger partial charge is 0.233 e. The Morgan fingerprint density at radius 3 is 2.52 bits per heavy atom. The molecule has 25 heavy (non-hydrogen) atoms. The van der Waals surface area contributed by atoms with Crippen LogP contribution in [0.3, 0.4) is 0 Å². The van der Waals surface area contributed by atoms with Gasteiger partial charge in [-0.1, -0.05) is 36.6 Å². The van der Waals surface area contributed by atoms with Crippen molar-refractivity contribution in [3.63, 3.8) is 0 Å². The van der Waals surface area contributed by atoms with E-state index in [1.165, 1.54) is 19.4 Å². The second-order valence-corrected chi connectivity index (χ2v) is 8.65. The van der Waals surface area contributed by atoms with Crippen molar-refractivity contribution in [1.82, 2.24) is 10.2 Å². The van der Waals surface area contributed by atoms with Gasteiger partial charge in [0.2, 0.25) is 5.91 Å². The van der Waals surface area contributed by atoms with Gasteiger partial charge in [0.05, 0.1) is 5.41 Å². The third-order valence-electron chi connectivity index (χ3n) is 6.42. The number of halogens is 1. The lowest BCUT2D eigenvalue weighted by atomic mass is 9.77. The van der Waals surface area contributed by atoms with Gasteiger partial charge >= 0.3 is 0 Å². The minimum Gasteiger partial charge on any atom is -0.342 e. The number of carbonyl (C=O) groups is 1. The predicted molar refractivity (Wildman–Crippen MR) is 102 cm³/mol. The van der Waals surface area contributed by atoms with Gasteiger partial charge in [0, 0.05) is 24.2 Å². The van der Waals surface area contributed by atoms with Gasteiger partial charge in [0.25, 0.3) is 0 Å². The first-order chi connectivity index (χ1) is 12.2. The number of carbonyl (C=O) groups excluding carboxylic acids is 1. The highest BCUT2D eigenvalue weighted by molar-refractivity contribution is 6.30. The summed E-state index contributed by atoms with van der Waals surface area (Å²) in [5.41, 5.74) is 0.788. The summed E-state index contributed by atoms with van der Waals surface area (Å²) in [4.78, 5) is 15.6. The van der Waals surface area contributed by atoms with Crippen molar-refractivity contribution in [3.05, 3.63) is 34.9 Å². The fourth-order valence-electron chi connectivity index (χ4n) is 4.64. The molecule has 0 aromatic heterocycles. The average Bonchev–Trinajstić information content (AvgIpc) is 3.34. The van der Waals surface area contributed by atoms with Crippen LogP contribution < -0.4 is 5.32 Å². The third-order valence-corrected chi connectivity index (χ3v) is 6.65. The van der Waals surface area contributed by atoms with E-state index in [4.69, 9.17) is 11.6 Å². The Bertz CT molecular complexity index is 614. The van der Waals surface area contributed by atoms with Crippen molar-refractivity contribution in [2.24, 2.45) is 5.92 Å². The van der Waals surface area contributed by atoms with Crippen molar-refractivity contribution in [1.29, 1.82) is 0 Å². The van der Waals surface area contributed by atoms with Gasteiger partial charge in [-0.3, -0.25) is 4.79 Å². The molecule has 1 aromatic carbocycles. The monoisotopic (exact) mass is 360 g/mol. The molecule has 1 saturated heterocycles. The lowest BCUT2D eigenvalue weighted by molar-refractivity contribution is -0.138. The highest BCUT2D eigenvalue weighted by Crippen LogP contribution is 2.43. The number of benzene rings is 1. The molecule has 1 heterocycles. The number of piperidine rings is 1. The Balaban J connectivity index is 1.43. The molecule has 0 atom stereocenters. The Morgan fingerprint density at radius 2 is 1.88 bits per heavy atom. The summed E-state index contributed by atoms with van der Waals surface area (Å²) in [5.74, 6) is 1.26. The number of nitrogens with one attached hydrogen (secondary N) is 1. The van der Waals surface area contributed by atoms with Gasteiger partial charge < -0.3 is 10.2 Å². The van der Waals surface area contributed by atoms with Crippen LogP contribution in [0.15, 0.2) is 24.3 Å². The number of hydrogen-bond donors (Lipinski definition) is 1. The maximum absolute atomic E-state index is 13.5. The summed E-state index contributed by atoms with van der Waals surface area (Å²) in [6.07, 6.45) is 9.17. The summed E-state index contributed by atoms with van der Waals surface area (Å²) in [5, 5.41) is 4.44. The quantitative estimate of drug-likeness (QED) is 0.855. The topological polar surface area (TPSA) is 32.3 Å². The second kappa shape index (κ2) is 7.28. The number of rotatable bonds is 5. The number of likely N-dealkylation sites (tertiary alicyclic amines) is 1. The van der Waals surface area contributed by atoms with E-state index in [-0.39, 0.29) is 5.41 Å². The third kappa shape index (κ3) is 3.73. The van der Waals surface area contributed by atoms with E-state index in [2.05, 4.69) is 16.3 Å². The van der Waals surface area contributed by atoms with E-state index in [1.54, 1.807) is 0 Å². The van der Waals surface area contributed by atoms with E-state index in [0.717, 1.165) is 68.1 Å². The number of amides is 1. The van der Waals surface area contributed by atoms with Crippen LogP contribution in [0.5, 0.6) is 0 Å². The molecule has 136 valence electrons.